The fraction of sp³-hybridized carbons (Fsp3) is 0.622. The van der Waals surface area contributed by atoms with Crippen LogP contribution in [0.5, 0.6) is 17.2 Å². The summed E-state index contributed by atoms with van der Waals surface area (Å²) >= 11 is 0. The van der Waals surface area contributed by atoms with E-state index in [2.05, 4.69) is 10.6 Å². The molecule has 4 N–H and O–H groups in total. The Hall–Kier alpha value is -5.01. The van der Waals surface area contributed by atoms with Crippen molar-refractivity contribution in [2.45, 2.75) is 155 Å². The Morgan fingerprint density at radius 2 is 1.29 bits per heavy atom. The van der Waals surface area contributed by atoms with Gasteiger partial charge in [-0.1, -0.05) is 31.7 Å². The number of hydrogen-bond acceptors (Lipinski definition) is 11. The van der Waals surface area contributed by atoms with Gasteiger partial charge in [-0.3, -0.25) is 9.59 Å². The van der Waals surface area contributed by atoms with Crippen LogP contribution in [0.1, 0.15) is 147 Å². The van der Waals surface area contributed by atoms with Crippen molar-refractivity contribution in [2.75, 3.05) is 19.8 Å². The lowest BCUT2D eigenvalue weighted by atomic mass is 9.90. The lowest BCUT2D eigenvalue weighted by molar-refractivity contribution is -0.158. The maximum absolute atomic E-state index is 14.3. The SMILES string of the molecule is CC(C)(C)OC(=O)COc1ccc(C[C@H](NC(=O)OC(C)(C)C)C(=O)N[C@H]2CCCCc3cc(OCC4CCCCC4)c(C(N)=O)cc32)cc1OCC(=O)OC(C)(C)C. The number of amides is 3. The van der Waals surface area contributed by atoms with Crippen LogP contribution in [-0.2, 0) is 41.4 Å². The summed E-state index contributed by atoms with van der Waals surface area (Å²) in [7, 11) is 0. The van der Waals surface area contributed by atoms with Crippen molar-refractivity contribution >= 4 is 29.8 Å². The number of hydrogen-bond donors (Lipinski definition) is 3. The summed E-state index contributed by atoms with van der Waals surface area (Å²) < 4.78 is 34.2. The molecule has 14 heteroatoms. The minimum absolute atomic E-state index is 0.0275. The molecule has 14 nitrogen and oxygen atoms in total. The van der Waals surface area contributed by atoms with Crippen LogP contribution >= 0.6 is 0 Å². The normalized spacial score (nSPS) is 16.7. The van der Waals surface area contributed by atoms with E-state index in [0.29, 0.717) is 30.3 Å². The van der Waals surface area contributed by atoms with Crippen molar-refractivity contribution in [3.05, 3.63) is 52.6 Å². The smallest absolute Gasteiger partial charge is 0.408 e. The quantitative estimate of drug-likeness (QED) is 0.0935. The summed E-state index contributed by atoms with van der Waals surface area (Å²) in [5.74, 6) is -1.21. The molecule has 0 unspecified atom stereocenters. The zero-order valence-electron chi connectivity index (χ0n) is 36.4. The van der Waals surface area contributed by atoms with Crippen LogP contribution in [0.25, 0.3) is 0 Å². The van der Waals surface area contributed by atoms with Crippen molar-refractivity contribution in [2.24, 2.45) is 11.7 Å². The van der Waals surface area contributed by atoms with Gasteiger partial charge in [0.05, 0.1) is 18.2 Å². The van der Waals surface area contributed by atoms with Crippen molar-refractivity contribution in [3.63, 3.8) is 0 Å². The molecule has 2 aromatic carbocycles. The lowest BCUT2D eigenvalue weighted by Crippen LogP contribution is -2.50. The predicted molar refractivity (Wildman–Crippen MR) is 221 cm³/mol. The number of ether oxygens (including phenoxy) is 6. The van der Waals surface area contributed by atoms with Gasteiger partial charge in [0.2, 0.25) is 5.91 Å². The Labute approximate surface area is 348 Å². The summed E-state index contributed by atoms with van der Waals surface area (Å²) in [6.45, 7) is 15.2. The number of esters is 2. The maximum atomic E-state index is 14.3. The molecule has 4 rings (SSSR count). The van der Waals surface area contributed by atoms with Gasteiger partial charge < -0.3 is 44.8 Å². The van der Waals surface area contributed by atoms with Gasteiger partial charge in [0.15, 0.2) is 24.7 Å². The van der Waals surface area contributed by atoms with Crippen molar-refractivity contribution < 1.29 is 52.4 Å². The third-order valence-electron chi connectivity index (χ3n) is 9.57. The Kier molecular flexibility index (Phi) is 16.1. The molecule has 0 spiro atoms. The van der Waals surface area contributed by atoms with E-state index >= 15 is 0 Å². The van der Waals surface area contributed by atoms with Crippen LogP contribution in [-0.4, -0.2) is 72.5 Å². The molecule has 2 aliphatic rings. The third-order valence-corrected chi connectivity index (χ3v) is 9.57. The number of alkyl carbamates (subject to hydrolysis) is 1. The Bertz CT molecular complexity index is 1800. The first-order valence-corrected chi connectivity index (χ1v) is 20.8. The van der Waals surface area contributed by atoms with Crippen molar-refractivity contribution in [1.82, 2.24) is 10.6 Å². The fourth-order valence-corrected chi connectivity index (χ4v) is 7.12. The third kappa shape index (κ3) is 15.9. The van der Waals surface area contributed by atoms with Gasteiger partial charge in [-0.05, 0) is 141 Å². The summed E-state index contributed by atoms with van der Waals surface area (Å²) in [5, 5.41) is 5.88. The van der Waals surface area contributed by atoms with Crippen LogP contribution in [0.15, 0.2) is 30.3 Å². The molecule has 2 aromatic rings. The highest BCUT2D eigenvalue weighted by molar-refractivity contribution is 5.96. The van der Waals surface area contributed by atoms with E-state index in [1.54, 1.807) is 86.6 Å². The highest BCUT2D eigenvalue weighted by Gasteiger charge is 2.30. The molecular weight excluding hydrogens is 759 g/mol. The Morgan fingerprint density at radius 3 is 1.88 bits per heavy atom. The summed E-state index contributed by atoms with van der Waals surface area (Å²) in [4.78, 5) is 65.4. The number of benzene rings is 2. The van der Waals surface area contributed by atoms with Gasteiger partial charge in [-0.2, -0.15) is 0 Å². The van der Waals surface area contributed by atoms with E-state index in [-0.39, 0.29) is 23.5 Å². The first-order chi connectivity index (χ1) is 27.5. The van der Waals surface area contributed by atoms with E-state index in [0.717, 1.165) is 43.2 Å². The highest BCUT2D eigenvalue weighted by atomic mass is 16.6. The van der Waals surface area contributed by atoms with Gasteiger partial charge in [0, 0.05) is 6.42 Å². The van der Waals surface area contributed by atoms with Gasteiger partial charge in [-0.25, -0.2) is 14.4 Å². The average molecular weight is 824 g/mol. The maximum Gasteiger partial charge on any atom is 0.408 e. The monoisotopic (exact) mass is 823 g/mol. The van der Waals surface area contributed by atoms with E-state index in [4.69, 9.17) is 34.2 Å². The molecule has 0 radical (unpaired) electrons. The number of rotatable bonds is 15. The summed E-state index contributed by atoms with van der Waals surface area (Å²) in [5.41, 5.74) is 6.09. The molecule has 0 aliphatic heterocycles. The zero-order valence-corrected chi connectivity index (χ0v) is 36.4. The average Bonchev–Trinajstić information content (AvgIpc) is 3.31. The minimum atomic E-state index is -1.14. The molecule has 326 valence electrons. The topological polar surface area (TPSA) is 191 Å². The van der Waals surface area contributed by atoms with E-state index in [1.165, 1.54) is 19.3 Å². The largest absolute Gasteiger partial charge is 0.492 e. The Morgan fingerprint density at radius 1 is 0.695 bits per heavy atom. The number of fused-ring (bicyclic) bond motifs is 1. The fourth-order valence-electron chi connectivity index (χ4n) is 7.12. The van der Waals surface area contributed by atoms with Crippen LogP contribution in [0.3, 0.4) is 0 Å². The number of primary amides is 1. The van der Waals surface area contributed by atoms with Crippen LogP contribution in [0.2, 0.25) is 0 Å². The first-order valence-electron chi connectivity index (χ1n) is 20.8. The molecule has 0 saturated heterocycles. The van der Waals surface area contributed by atoms with Gasteiger partial charge in [0.1, 0.15) is 28.6 Å². The first kappa shape index (κ1) is 46.7. The number of nitrogens with two attached hydrogens (primary N) is 1. The predicted octanol–water partition coefficient (Wildman–Crippen LogP) is 7.21. The van der Waals surface area contributed by atoms with Crippen molar-refractivity contribution in [1.29, 1.82) is 0 Å². The number of carbonyl (C=O) groups excluding carboxylic acids is 5. The lowest BCUT2D eigenvalue weighted by Gasteiger charge is -2.27. The molecular formula is C45H65N3O11. The van der Waals surface area contributed by atoms with Gasteiger partial charge in [0.25, 0.3) is 5.91 Å². The van der Waals surface area contributed by atoms with Crippen LogP contribution < -0.4 is 30.6 Å². The molecule has 2 aliphatic carbocycles. The molecule has 2 atom stereocenters. The number of nitrogens with one attached hydrogen (secondary N) is 2. The van der Waals surface area contributed by atoms with Crippen LogP contribution in [0, 0.1) is 5.92 Å². The van der Waals surface area contributed by atoms with E-state index < -0.39 is 71.9 Å². The molecule has 1 fully saturated rings. The highest BCUT2D eigenvalue weighted by Crippen LogP contribution is 2.35. The molecule has 0 bridgehead atoms. The number of carbonyl (C=O) groups is 5. The van der Waals surface area contributed by atoms with Gasteiger partial charge in [-0.15, -0.1) is 0 Å². The standard InChI is InChI=1S/C45H65N3O11/c1-43(2,3)57-38(49)26-55-35-20-19-29(22-37(35)56-27-39(50)58-44(4,5)6)21-34(48-42(53)59-45(7,8)9)41(52)47-33-18-14-13-17-30-23-36(32(40(46)51)24-31(30)33)54-25-28-15-11-10-12-16-28/h19-20,22-24,28,33-34H,10-18,21,25-27H2,1-9H3,(H2,46,51)(H,47,52)(H,48,53)/t33-,34-/m0/s1. The second-order valence-corrected chi connectivity index (χ2v) is 18.5. The second kappa shape index (κ2) is 20.3. The van der Waals surface area contributed by atoms with Gasteiger partial charge >= 0.3 is 18.0 Å². The van der Waals surface area contributed by atoms with Crippen molar-refractivity contribution in [3.8, 4) is 17.2 Å². The van der Waals surface area contributed by atoms with E-state index in [1.807, 2.05) is 6.07 Å². The summed E-state index contributed by atoms with van der Waals surface area (Å²) in [6, 6.07) is 6.78. The minimum Gasteiger partial charge on any atom is -0.492 e. The zero-order chi connectivity index (χ0) is 43.5. The molecule has 59 heavy (non-hydrogen) atoms. The molecule has 0 aromatic heterocycles. The number of aryl methyl sites for hydroxylation is 1. The second-order valence-electron chi connectivity index (χ2n) is 18.5. The summed E-state index contributed by atoms with van der Waals surface area (Å²) in [6.07, 6.45) is 7.92. The van der Waals surface area contributed by atoms with Crippen LogP contribution in [0.4, 0.5) is 4.79 Å². The molecule has 0 heterocycles. The Balaban J connectivity index is 1.62. The molecule has 1 saturated carbocycles. The molecule has 3 amide bonds. The van der Waals surface area contributed by atoms with E-state index in [9.17, 15) is 24.0 Å².